The molecule has 0 unspecified atom stereocenters. The molecule has 90 valence electrons. The van der Waals surface area contributed by atoms with Crippen LogP contribution in [0, 0.1) is 27.7 Å². The van der Waals surface area contributed by atoms with Crippen molar-refractivity contribution in [2.75, 3.05) is 20.1 Å². The van der Waals surface area contributed by atoms with Gasteiger partial charge in [0.1, 0.15) is 0 Å². The Morgan fingerprint density at radius 2 is 1.50 bits per heavy atom. The van der Waals surface area contributed by atoms with Crippen LogP contribution >= 0.6 is 0 Å². The zero-order valence-electron chi connectivity index (χ0n) is 11.6. The molecule has 0 aromatic heterocycles. The average molecular weight is 219 g/mol. The quantitative estimate of drug-likeness (QED) is 0.750. The van der Waals surface area contributed by atoms with Gasteiger partial charge in [-0.3, -0.25) is 0 Å². The third kappa shape index (κ3) is 2.85. The van der Waals surface area contributed by atoms with Crippen LogP contribution < -0.4 is 0 Å². The minimum atomic E-state index is 1.13. The molecule has 1 rings (SSSR count). The lowest BCUT2D eigenvalue weighted by atomic mass is 9.92. The zero-order valence-corrected chi connectivity index (χ0v) is 11.6. The number of hydrogen-bond donors (Lipinski definition) is 0. The normalized spacial score (nSPS) is 11.2. The van der Waals surface area contributed by atoms with Crippen molar-refractivity contribution >= 4 is 0 Å². The topological polar surface area (TPSA) is 3.24 Å². The minimum absolute atomic E-state index is 1.13. The summed E-state index contributed by atoms with van der Waals surface area (Å²) >= 11 is 0. The summed E-state index contributed by atoms with van der Waals surface area (Å²) in [5.41, 5.74) is 7.37. The van der Waals surface area contributed by atoms with Crippen LogP contribution in [0.3, 0.4) is 0 Å². The Hall–Kier alpha value is -0.820. The Morgan fingerprint density at radius 3 is 1.94 bits per heavy atom. The first-order chi connectivity index (χ1) is 7.47. The molecule has 0 N–H and O–H groups in total. The molecule has 0 radical (unpaired) electrons. The molecule has 0 heterocycles. The first-order valence-electron chi connectivity index (χ1n) is 6.22. The largest absolute Gasteiger partial charge is 0.306 e. The number of nitrogens with zero attached hydrogens (tertiary/aromatic N) is 1. The Morgan fingerprint density at radius 1 is 1.00 bits per heavy atom. The van der Waals surface area contributed by atoms with Crippen molar-refractivity contribution in [3.8, 4) is 0 Å². The van der Waals surface area contributed by atoms with E-state index >= 15 is 0 Å². The summed E-state index contributed by atoms with van der Waals surface area (Å²) in [6, 6.07) is 2.30. The highest BCUT2D eigenvalue weighted by Crippen LogP contribution is 2.22. The summed E-state index contributed by atoms with van der Waals surface area (Å²) in [7, 11) is 2.19. The van der Waals surface area contributed by atoms with Gasteiger partial charge in [0.05, 0.1) is 0 Å². The molecule has 0 aliphatic heterocycles. The third-order valence-electron chi connectivity index (χ3n) is 3.80. The highest BCUT2D eigenvalue weighted by atomic mass is 15.1. The van der Waals surface area contributed by atoms with E-state index in [1.54, 1.807) is 5.56 Å². The molecule has 0 bridgehead atoms. The fraction of sp³-hybridized carbons (Fsp3) is 0.600. The molecule has 16 heavy (non-hydrogen) atoms. The van der Waals surface area contributed by atoms with Crippen molar-refractivity contribution in [3.05, 3.63) is 33.9 Å². The smallest absolute Gasteiger partial charge is 0.00189 e. The van der Waals surface area contributed by atoms with E-state index < -0.39 is 0 Å². The van der Waals surface area contributed by atoms with Crippen molar-refractivity contribution in [2.45, 2.75) is 41.0 Å². The maximum absolute atomic E-state index is 2.37. The molecular weight excluding hydrogens is 194 g/mol. The van der Waals surface area contributed by atoms with Gasteiger partial charge in [-0.1, -0.05) is 13.0 Å². The lowest BCUT2D eigenvalue weighted by molar-refractivity contribution is 0.357. The van der Waals surface area contributed by atoms with Gasteiger partial charge in [-0.15, -0.1) is 0 Å². The highest BCUT2D eigenvalue weighted by molar-refractivity contribution is 5.44. The van der Waals surface area contributed by atoms with Gasteiger partial charge in [0, 0.05) is 6.54 Å². The zero-order chi connectivity index (χ0) is 12.3. The third-order valence-corrected chi connectivity index (χ3v) is 3.80. The molecule has 0 aliphatic carbocycles. The van der Waals surface area contributed by atoms with Gasteiger partial charge in [0.25, 0.3) is 0 Å². The van der Waals surface area contributed by atoms with Gasteiger partial charge >= 0.3 is 0 Å². The monoisotopic (exact) mass is 219 g/mol. The van der Waals surface area contributed by atoms with Crippen LogP contribution in [-0.4, -0.2) is 25.0 Å². The average Bonchev–Trinajstić information content (AvgIpc) is 2.26. The maximum Gasteiger partial charge on any atom is 0.00189 e. The summed E-state index contributed by atoms with van der Waals surface area (Å²) in [5, 5.41) is 0. The van der Waals surface area contributed by atoms with Gasteiger partial charge in [-0.25, -0.2) is 0 Å². The fourth-order valence-electron chi connectivity index (χ4n) is 2.13. The second-order valence-corrected chi connectivity index (χ2v) is 4.88. The predicted octanol–water partition coefficient (Wildman–Crippen LogP) is 3.41. The van der Waals surface area contributed by atoms with Crippen LogP contribution in [0.5, 0.6) is 0 Å². The number of benzene rings is 1. The first kappa shape index (κ1) is 13.2. The number of likely N-dealkylation sites (N-methyl/N-ethyl adjacent to an activating group) is 1. The molecule has 1 aromatic carbocycles. The summed E-state index contributed by atoms with van der Waals surface area (Å²) in [4.78, 5) is 2.37. The number of rotatable bonds is 4. The molecule has 0 saturated heterocycles. The Balaban J connectivity index is 2.94. The summed E-state index contributed by atoms with van der Waals surface area (Å²) in [5.74, 6) is 0. The molecule has 1 aromatic rings. The van der Waals surface area contributed by atoms with E-state index in [-0.39, 0.29) is 0 Å². The minimum Gasteiger partial charge on any atom is -0.306 e. The van der Waals surface area contributed by atoms with Gasteiger partial charge in [0.2, 0.25) is 0 Å². The molecule has 0 saturated carbocycles. The first-order valence-corrected chi connectivity index (χ1v) is 6.22. The standard InChI is InChI=1S/C15H25N/c1-7-16(6)9-8-15-13(4)11(2)10-12(3)14(15)5/h10H,7-9H2,1-6H3. The maximum atomic E-state index is 2.37. The van der Waals surface area contributed by atoms with E-state index in [1.807, 2.05) is 0 Å². The van der Waals surface area contributed by atoms with Crippen molar-refractivity contribution in [1.82, 2.24) is 4.90 Å². The van der Waals surface area contributed by atoms with E-state index in [9.17, 15) is 0 Å². The molecule has 0 fully saturated rings. The predicted molar refractivity (Wildman–Crippen MR) is 72.3 cm³/mol. The lowest BCUT2D eigenvalue weighted by Crippen LogP contribution is -2.21. The molecule has 0 amide bonds. The second-order valence-electron chi connectivity index (χ2n) is 4.88. The molecule has 0 aliphatic rings. The van der Waals surface area contributed by atoms with E-state index in [0.29, 0.717) is 0 Å². The van der Waals surface area contributed by atoms with Crippen molar-refractivity contribution < 1.29 is 0 Å². The molecule has 0 spiro atoms. The molecule has 1 nitrogen and oxygen atoms in total. The van der Waals surface area contributed by atoms with Crippen LogP contribution in [0.25, 0.3) is 0 Å². The Kier molecular flexibility index (Phi) is 4.55. The van der Waals surface area contributed by atoms with Crippen LogP contribution in [-0.2, 0) is 6.42 Å². The van der Waals surface area contributed by atoms with Crippen LogP contribution in [0.4, 0.5) is 0 Å². The molecule has 0 atom stereocenters. The summed E-state index contributed by atoms with van der Waals surface area (Å²) < 4.78 is 0. The van der Waals surface area contributed by atoms with Crippen LogP contribution in [0.1, 0.15) is 34.7 Å². The Labute approximate surface area is 100 Å². The Bertz CT molecular complexity index is 340. The van der Waals surface area contributed by atoms with Crippen LogP contribution in [0.2, 0.25) is 0 Å². The number of aryl methyl sites for hydroxylation is 2. The summed E-state index contributed by atoms with van der Waals surface area (Å²) in [6.07, 6.45) is 1.17. The SMILES string of the molecule is CCN(C)CCc1c(C)c(C)cc(C)c1C. The van der Waals surface area contributed by atoms with Crippen molar-refractivity contribution in [3.63, 3.8) is 0 Å². The van der Waals surface area contributed by atoms with Gasteiger partial charge < -0.3 is 4.90 Å². The van der Waals surface area contributed by atoms with Crippen molar-refractivity contribution in [2.24, 2.45) is 0 Å². The fourth-order valence-corrected chi connectivity index (χ4v) is 2.13. The van der Waals surface area contributed by atoms with Gasteiger partial charge in [-0.2, -0.15) is 0 Å². The van der Waals surface area contributed by atoms with E-state index in [1.165, 1.54) is 28.7 Å². The molecular formula is C15H25N. The van der Waals surface area contributed by atoms with Gasteiger partial charge in [-0.05, 0) is 75.5 Å². The second kappa shape index (κ2) is 5.49. The molecule has 1 heteroatoms. The van der Waals surface area contributed by atoms with E-state index in [2.05, 4.69) is 52.6 Å². The van der Waals surface area contributed by atoms with E-state index in [4.69, 9.17) is 0 Å². The van der Waals surface area contributed by atoms with Crippen LogP contribution in [0.15, 0.2) is 6.07 Å². The highest BCUT2D eigenvalue weighted by Gasteiger charge is 2.08. The number of hydrogen-bond acceptors (Lipinski definition) is 1. The van der Waals surface area contributed by atoms with Gasteiger partial charge in [0.15, 0.2) is 0 Å². The lowest BCUT2D eigenvalue weighted by Gasteiger charge is -2.18. The van der Waals surface area contributed by atoms with Crippen molar-refractivity contribution in [1.29, 1.82) is 0 Å². The van der Waals surface area contributed by atoms with E-state index in [0.717, 1.165) is 13.1 Å². The summed E-state index contributed by atoms with van der Waals surface area (Å²) in [6.45, 7) is 13.4.